The molecule has 0 atom stereocenters. The Morgan fingerprint density at radius 2 is 2.00 bits per heavy atom. The van der Waals surface area contributed by atoms with Crippen molar-refractivity contribution >= 4 is 5.97 Å². The van der Waals surface area contributed by atoms with Crippen LogP contribution in [0.3, 0.4) is 0 Å². The number of rotatable bonds is 6. The summed E-state index contributed by atoms with van der Waals surface area (Å²) in [5, 5.41) is 13.6. The van der Waals surface area contributed by atoms with Crippen molar-refractivity contribution in [3.05, 3.63) is 53.3 Å². The van der Waals surface area contributed by atoms with E-state index in [4.69, 9.17) is 0 Å². The molecule has 1 aromatic carbocycles. The number of likely N-dealkylation sites (tertiary alicyclic amines) is 1. The molecule has 128 valence electrons. The van der Waals surface area contributed by atoms with Crippen LogP contribution in [-0.2, 0) is 19.5 Å². The Labute approximate surface area is 142 Å². The average molecular weight is 327 g/mol. The van der Waals surface area contributed by atoms with E-state index in [1.165, 1.54) is 5.69 Å². The molecule has 1 N–H and O–H groups in total. The monoisotopic (exact) mass is 327 g/mol. The van der Waals surface area contributed by atoms with E-state index in [2.05, 4.69) is 27.7 Å². The Morgan fingerprint density at radius 1 is 1.25 bits per heavy atom. The van der Waals surface area contributed by atoms with Crippen LogP contribution in [-0.4, -0.2) is 38.8 Å². The normalized spacial score (nSPS) is 16.4. The van der Waals surface area contributed by atoms with Gasteiger partial charge in [-0.1, -0.05) is 18.2 Å². The number of aromatic nitrogens is 2. The zero-order chi connectivity index (χ0) is 16.9. The number of carboxylic acid groups (broad SMARTS) is 1. The van der Waals surface area contributed by atoms with E-state index in [0.29, 0.717) is 11.5 Å². The lowest BCUT2D eigenvalue weighted by Gasteiger charge is -2.32. The summed E-state index contributed by atoms with van der Waals surface area (Å²) in [6.07, 6.45) is 4.97. The highest BCUT2D eigenvalue weighted by Crippen LogP contribution is 2.24. The number of aromatic carboxylic acids is 1. The van der Waals surface area contributed by atoms with E-state index in [-0.39, 0.29) is 0 Å². The van der Waals surface area contributed by atoms with Gasteiger partial charge in [0.1, 0.15) is 0 Å². The number of piperidine rings is 1. The van der Waals surface area contributed by atoms with Crippen molar-refractivity contribution in [2.24, 2.45) is 5.92 Å². The fourth-order valence-electron chi connectivity index (χ4n) is 3.57. The maximum atomic E-state index is 11.3. The van der Waals surface area contributed by atoms with Crippen LogP contribution in [0.2, 0.25) is 0 Å². The molecule has 0 saturated carbocycles. The van der Waals surface area contributed by atoms with E-state index in [0.717, 1.165) is 51.0 Å². The molecule has 1 aromatic heterocycles. The number of hydrogen-bond acceptors (Lipinski definition) is 3. The van der Waals surface area contributed by atoms with E-state index in [1.807, 2.05) is 18.3 Å². The third-order valence-electron chi connectivity index (χ3n) is 4.95. The minimum absolute atomic E-state index is 0.451. The summed E-state index contributed by atoms with van der Waals surface area (Å²) in [5.41, 5.74) is 2.69. The predicted molar refractivity (Wildman–Crippen MR) is 93.0 cm³/mol. The fraction of sp³-hybridized carbons (Fsp3) is 0.474. The molecule has 0 unspecified atom stereocenters. The van der Waals surface area contributed by atoms with Crippen molar-refractivity contribution in [1.82, 2.24) is 14.7 Å². The number of carboxylic acids is 1. The highest BCUT2D eigenvalue weighted by molar-refractivity contribution is 5.89. The Morgan fingerprint density at radius 3 is 2.71 bits per heavy atom. The van der Waals surface area contributed by atoms with E-state index < -0.39 is 5.97 Å². The van der Waals surface area contributed by atoms with Gasteiger partial charge in [0.25, 0.3) is 0 Å². The molecule has 1 aliphatic rings. The smallest absolute Gasteiger partial charge is 0.335 e. The molecule has 0 amide bonds. The summed E-state index contributed by atoms with van der Waals surface area (Å²) in [5.74, 6) is -0.256. The fourth-order valence-corrected chi connectivity index (χ4v) is 3.57. The van der Waals surface area contributed by atoms with Gasteiger partial charge in [0.15, 0.2) is 0 Å². The quantitative estimate of drug-likeness (QED) is 0.886. The zero-order valence-electron chi connectivity index (χ0n) is 14.2. The van der Waals surface area contributed by atoms with Gasteiger partial charge in [0.05, 0.1) is 11.3 Å². The van der Waals surface area contributed by atoms with Gasteiger partial charge in [-0.05, 0) is 62.9 Å². The van der Waals surface area contributed by atoms with Gasteiger partial charge in [-0.3, -0.25) is 9.58 Å². The van der Waals surface area contributed by atoms with Crippen LogP contribution < -0.4 is 0 Å². The molecular formula is C19H25N3O2. The molecule has 2 heterocycles. The van der Waals surface area contributed by atoms with Crippen LogP contribution in [0.5, 0.6) is 0 Å². The van der Waals surface area contributed by atoms with Gasteiger partial charge in [0, 0.05) is 19.3 Å². The summed E-state index contributed by atoms with van der Waals surface area (Å²) < 4.78 is 2.05. The van der Waals surface area contributed by atoms with Gasteiger partial charge < -0.3 is 5.11 Å². The Balaban J connectivity index is 1.55. The topological polar surface area (TPSA) is 58.4 Å². The van der Waals surface area contributed by atoms with Crippen molar-refractivity contribution in [2.75, 3.05) is 13.1 Å². The minimum atomic E-state index is -0.823. The van der Waals surface area contributed by atoms with E-state index >= 15 is 0 Å². The van der Waals surface area contributed by atoms with Gasteiger partial charge >= 0.3 is 5.97 Å². The summed E-state index contributed by atoms with van der Waals surface area (Å²) in [6, 6.07) is 9.49. The molecule has 1 saturated heterocycles. The van der Waals surface area contributed by atoms with Gasteiger partial charge in [0.2, 0.25) is 0 Å². The predicted octanol–water partition coefficient (Wildman–Crippen LogP) is 3.06. The zero-order valence-corrected chi connectivity index (χ0v) is 14.2. The SMILES string of the molecule is CCn1nccc1CN1CCC(Cc2ccccc2C(=O)O)CC1. The lowest BCUT2D eigenvalue weighted by Crippen LogP contribution is -2.34. The lowest BCUT2D eigenvalue weighted by molar-refractivity contribution is 0.0695. The molecule has 0 bridgehead atoms. The number of carbonyl (C=O) groups is 1. The molecule has 5 heteroatoms. The lowest BCUT2D eigenvalue weighted by atomic mass is 9.88. The number of benzene rings is 1. The first-order valence-electron chi connectivity index (χ1n) is 8.71. The molecule has 3 rings (SSSR count). The first kappa shape index (κ1) is 16.7. The van der Waals surface area contributed by atoms with Crippen molar-refractivity contribution in [1.29, 1.82) is 0 Å². The van der Waals surface area contributed by atoms with Gasteiger partial charge in [-0.15, -0.1) is 0 Å². The van der Waals surface area contributed by atoms with Crippen LogP contribution in [0.4, 0.5) is 0 Å². The Bertz CT molecular complexity index is 687. The van der Waals surface area contributed by atoms with Crippen molar-refractivity contribution in [3.8, 4) is 0 Å². The van der Waals surface area contributed by atoms with Crippen molar-refractivity contribution in [2.45, 2.75) is 39.3 Å². The third-order valence-corrected chi connectivity index (χ3v) is 4.95. The Hall–Kier alpha value is -2.14. The minimum Gasteiger partial charge on any atom is -0.478 e. The van der Waals surface area contributed by atoms with Crippen LogP contribution >= 0.6 is 0 Å². The number of nitrogens with zero attached hydrogens (tertiary/aromatic N) is 3. The second-order valence-electron chi connectivity index (χ2n) is 6.52. The summed E-state index contributed by atoms with van der Waals surface area (Å²) in [6.45, 7) is 6.10. The third kappa shape index (κ3) is 3.85. The molecule has 2 aromatic rings. The second kappa shape index (κ2) is 7.62. The molecule has 1 fully saturated rings. The van der Waals surface area contributed by atoms with E-state index in [9.17, 15) is 9.90 Å². The number of aryl methyl sites for hydroxylation is 1. The van der Waals surface area contributed by atoms with Crippen LogP contribution in [0.1, 0.15) is 41.4 Å². The highest BCUT2D eigenvalue weighted by atomic mass is 16.4. The van der Waals surface area contributed by atoms with Gasteiger partial charge in [-0.25, -0.2) is 4.79 Å². The van der Waals surface area contributed by atoms with Gasteiger partial charge in [-0.2, -0.15) is 5.10 Å². The van der Waals surface area contributed by atoms with Crippen LogP contribution in [0, 0.1) is 5.92 Å². The first-order valence-corrected chi connectivity index (χ1v) is 8.71. The highest BCUT2D eigenvalue weighted by Gasteiger charge is 2.22. The Kier molecular flexibility index (Phi) is 5.30. The average Bonchev–Trinajstić information content (AvgIpc) is 3.04. The molecule has 24 heavy (non-hydrogen) atoms. The maximum Gasteiger partial charge on any atom is 0.335 e. The van der Waals surface area contributed by atoms with Crippen molar-refractivity contribution < 1.29 is 9.90 Å². The molecular weight excluding hydrogens is 302 g/mol. The second-order valence-corrected chi connectivity index (χ2v) is 6.52. The number of hydrogen-bond donors (Lipinski definition) is 1. The molecule has 1 aliphatic heterocycles. The van der Waals surface area contributed by atoms with Crippen molar-refractivity contribution in [3.63, 3.8) is 0 Å². The van der Waals surface area contributed by atoms with E-state index in [1.54, 1.807) is 12.1 Å². The molecule has 0 spiro atoms. The molecule has 5 nitrogen and oxygen atoms in total. The van der Waals surface area contributed by atoms with Crippen LogP contribution in [0.15, 0.2) is 36.5 Å². The maximum absolute atomic E-state index is 11.3. The van der Waals surface area contributed by atoms with Crippen LogP contribution in [0.25, 0.3) is 0 Å². The summed E-state index contributed by atoms with van der Waals surface area (Å²) >= 11 is 0. The molecule has 0 aliphatic carbocycles. The summed E-state index contributed by atoms with van der Waals surface area (Å²) in [4.78, 5) is 13.8. The standard InChI is InChI=1S/C19H25N3O2/c1-2-22-17(7-10-20-22)14-21-11-8-15(9-12-21)13-16-5-3-4-6-18(16)19(23)24/h3-7,10,15H,2,8-9,11-14H2,1H3,(H,23,24). The first-order chi connectivity index (χ1) is 11.7. The largest absolute Gasteiger partial charge is 0.478 e. The summed E-state index contributed by atoms with van der Waals surface area (Å²) in [7, 11) is 0. The molecule has 0 radical (unpaired) electrons.